The largest absolute Gasteiger partial charge is 0.507 e. The number of para-hydroxylation sites is 2. The number of hydrogen-bond donors (Lipinski definition) is 2. The smallest absolute Gasteiger partial charge is 0.126 e. The Morgan fingerprint density at radius 3 is 1.03 bits per heavy atom. The third-order valence-corrected chi connectivity index (χ3v) is 12.6. The molecule has 324 valence electrons. The molecule has 0 heterocycles. The molecule has 8 bridgehead atoms. The van der Waals surface area contributed by atoms with Crippen LogP contribution in [-0.4, -0.2) is 10.2 Å². The van der Waals surface area contributed by atoms with Crippen molar-refractivity contribution in [2.24, 2.45) is 0 Å². The Kier molecular flexibility index (Phi) is 12.2. The Labute approximate surface area is 372 Å². The monoisotopic (exact) mass is 829 g/mol. The van der Waals surface area contributed by atoms with Crippen molar-refractivity contribution in [3.63, 3.8) is 0 Å². The summed E-state index contributed by atoms with van der Waals surface area (Å²) in [5, 5.41) is 24.6. The highest BCUT2D eigenvalue weighted by Gasteiger charge is 2.26. The minimum absolute atomic E-state index is 0.0531. The van der Waals surface area contributed by atoms with Crippen molar-refractivity contribution < 1.29 is 19.7 Å². The zero-order valence-corrected chi connectivity index (χ0v) is 39.3. The van der Waals surface area contributed by atoms with Crippen LogP contribution in [0.3, 0.4) is 0 Å². The fraction of sp³-hybridized carbons (Fsp3) is 0.379. The highest BCUT2D eigenvalue weighted by atomic mass is 16.5. The van der Waals surface area contributed by atoms with Crippen molar-refractivity contribution in [2.45, 2.75) is 144 Å². The van der Waals surface area contributed by atoms with Gasteiger partial charge in [0.15, 0.2) is 0 Å². The van der Waals surface area contributed by atoms with E-state index < -0.39 is 0 Å². The van der Waals surface area contributed by atoms with Crippen LogP contribution in [0, 0.1) is 0 Å². The van der Waals surface area contributed by atoms with Crippen molar-refractivity contribution in [3.05, 3.63) is 187 Å². The topological polar surface area (TPSA) is 58.9 Å². The van der Waals surface area contributed by atoms with Crippen LogP contribution in [0.4, 0.5) is 0 Å². The molecule has 2 N–H and O–H groups in total. The van der Waals surface area contributed by atoms with Gasteiger partial charge in [-0.05, 0) is 99.5 Å². The Balaban J connectivity index is 1.39. The summed E-state index contributed by atoms with van der Waals surface area (Å²) in [5.41, 5.74) is 14.2. The molecule has 0 aromatic heterocycles. The van der Waals surface area contributed by atoms with Crippen LogP contribution in [-0.2, 0) is 60.6 Å². The van der Waals surface area contributed by atoms with Crippen LogP contribution in [0.25, 0.3) is 0 Å². The van der Waals surface area contributed by atoms with Gasteiger partial charge in [0.1, 0.15) is 36.2 Å². The Hall–Kier alpha value is -5.48. The number of phenols is 2. The van der Waals surface area contributed by atoms with Crippen LogP contribution in [0.2, 0.25) is 0 Å². The van der Waals surface area contributed by atoms with Crippen molar-refractivity contribution in [3.8, 4) is 23.0 Å². The Morgan fingerprint density at radius 2 is 0.645 bits per heavy atom. The number of fused-ring (bicyclic) bond motifs is 8. The second-order valence-corrected chi connectivity index (χ2v) is 21.8. The van der Waals surface area contributed by atoms with Gasteiger partial charge >= 0.3 is 0 Å². The van der Waals surface area contributed by atoms with Gasteiger partial charge in [-0.25, -0.2) is 0 Å². The second-order valence-electron chi connectivity index (χ2n) is 21.8. The molecule has 4 heteroatoms. The van der Waals surface area contributed by atoms with E-state index >= 15 is 0 Å². The van der Waals surface area contributed by atoms with Gasteiger partial charge < -0.3 is 19.7 Å². The predicted molar refractivity (Wildman–Crippen MR) is 257 cm³/mol. The molecule has 0 amide bonds. The molecule has 6 aromatic rings. The van der Waals surface area contributed by atoms with E-state index in [1.165, 1.54) is 16.7 Å². The summed E-state index contributed by atoms with van der Waals surface area (Å²) in [4.78, 5) is 0. The summed E-state index contributed by atoms with van der Waals surface area (Å²) in [6, 6.07) is 38.7. The molecule has 0 radical (unpaired) electrons. The quantitative estimate of drug-likeness (QED) is 0.175. The molecule has 0 atom stereocenters. The molecule has 1 aliphatic carbocycles. The van der Waals surface area contributed by atoms with E-state index in [4.69, 9.17) is 9.47 Å². The first-order chi connectivity index (χ1) is 29.0. The van der Waals surface area contributed by atoms with E-state index in [1.807, 2.05) is 12.1 Å². The standard InChI is InChI=1S/C58H68O4/c1-55(2,3)47-23-19-37(20-24-47)35-61-53-41-17-14-18-42(53)29-43-31-49(57(7,8)9)32-44(52(43)60)30-46-34-50(58(10,11)12)33-45(28-40-16-13-15-39(27-41)51(40)59)54(46)62-36-38-21-25-48(26-22-38)56(4,5)6/h13-26,31-34,59-60H,27-30,35-36H2,1-12H3. The fourth-order valence-corrected chi connectivity index (χ4v) is 8.46. The van der Waals surface area contributed by atoms with Crippen molar-refractivity contribution in [1.82, 2.24) is 0 Å². The number of ether oxygens (including phenoxy) is 2. The van der Waals surface area contributed by atoms with Crippen molar-refractivity contribution in [2.75, 3.05) is 0 Å². The first kappa shape index (κ1) is 44.6. The van der Waals surface area contributed by atoms with E-state index in [-0.39, 0.29) is 27.4 Å². The summed E-state index contributed by atoms with van der Waals surface area (Å²) in [5.74, 6) is 2.18. The maximum atomic E-state index is 12.4. The average molecular weight is 829 g/mol. The van der Waals surface area contributed by atoms with E-state index in [0.29, 0.717) is 44.6 Å². The van der Waals surface area contributed by atoms with Crippen LogP contribution in [0.1, 0.15) is 161 Å². The van der Waals surface area contributed by atoms with Crippen LogP contribution >= 0.6 is 0 Å². The fourth-order valence-electron chi connectivity index (χ4n) is 8.46. The number of rotatable bonds is 6. The molecule has 6 aromatic carbocycles. The maximum absolute atomic E-state index is 12.4. The first-order valence-corrected chi connectivity index (χ1v) is 22.4. The molecule has 0 unspecified atom stereocenters. The highest BCUT2D eigenvalue weighted by molar-refractivity contribution is 5.58. The maximum Gasteiger partial charge on any atom is 0.126 e. The first-order valence-electron chi connectivity index (χ1n) is 22.4. The lowest BCUT2D eigenvalue weighted by molar-refractivity contribution is 0.300. The van der Waals surface area contributed by atoms with Crippen LogP contribution in [0.5, 0.6) is 23.0 Å². The summed E-state index contributed by atoms with van der Waals surface area (Å²) < 4.78 is 13.8. The van der Waals surface area contributed by atoms with Gasteiger partial charge in [0.05, 0.1) is 0 Å². The van der Waals surface area contributed by atoms with Gasteiger partial charge in [-0.1, -0.05) is 192 Å². The number of aromatic hydroxyl groups is 2. The van der Waals surface area contributed by atoms with E-state index in [0.717, 1.165) is 72.7 Å². The van der Waals surface area contributed by atoms with Gasteiger partial charge in [0.2, 0.25) is 0 Å². The molecule has 0 aliphatic heterocycles. The van der Waals surface area contributed by atoms with Gasteiger partial charge in [-0.15, -0.1) is 0 Å². The van der Waals surface area contributed by atoms with Crippen molar-refractivity contribution in [1.29, 1.82) is 0 Å². The average Bonchev–Trinajstić information content (AvgIpc) is 3.18. The van der Waals surface area contributed by atoms with E-state index in [2.05, 4.69) is 180 Å². The minimum atomic E-state index is -0.171. The SMILES string of the molecule is CC(C)(C)c1ccc(COc2c3cccc2Cc2cc(C(C)(C)C)cc(c2O)Cc2cc(C(C)(C)C)cc(c2OCc2ccc(C(C)(C)C)cc2)Cc2cccc(c2O)C3)cc1. The van der Waals surface area contributed by atoms with Crippen LogP contribution in [0.15, 0.2) is 109 Å². The Morgan fingerprint density at radius 1 is 0.355 bits per heavy atom. The summed E-state index contributed by atoms with van der Waals surface area (Å²) >= 11 is 0. The minimum Gasteiger partial charge on any atom is -0.507 e. The summed E-state index contributed by atoms with van der Waals surface area (Å²) in [6.45, 7) is 27.6. The molecule has 0 saturated heterocycles. The van der Waals surface area contributed by atoms with Gasteiger partial charge in [0.25, 0.3) is 0 Å². The molecule has 4 nitrogen and oxygen atoms in total. The molecule has 0 spiro atoms. The van der Waals surface area contributed by atoms with Gasteiger partial charge in [-0.2, -0.15) is 0 Å². The van der Waals surface area contributed by atoms with E-state index in [9.17, 15) is 10.2 Å². The zero-order valence-electron chi connectivity index (χ0n) is 39.3. The summed E-state index contributed by atoms with van der Waals surface area (Å²) in [7, 11) is 0. The second kappa shape index (κ2) is 17.0. The van der Waals surface area contributed by atoms with Crippen molar-refractivity contribution >= 4 is 0 Å². The van der Waals surface area contributed by atoms with Gasteiger partial charge in [-0.3, -0.25) is 0 Å². The third kappa shape index (κ3) is 10.1. The lowest BCUT2D eigenvalue weighted by atomic mass is 9.81. The lowest BCUT2D eigenvalue weighted by Crippen LogP contribution is -2.15. The van der Waals surface area contributed by atoms with Crippen LogP contribution < -0.4 is 9.47 Å². The normalized spacial score (nSPS) is 13.5. The van der Waals surface area contributed by atoms with E-state index in [1.54, 1.807) is 0 Å². The molecule has 0 saturated carbocycles. The zero-order chi connectivity index (χ0) is 44.8. The lowest BCUT2D eigenvalue weighted by Gasteiger charge is -2.26. The molecule has 1 aliphatic rings. The third-order valence-electron chi connectivity index (χ3n) is 12.6. The summed E-state index contributed by atoms with van der Waals surface area (Å²) in [6.07, 6.45) is 1.90. The van der Waals surface area contributed by atoms with Gasteiger partial charge in [0, 0.05) is 25.7 Å². The predicted octanol–water partition coefficient (Wildman–Crippen LogP) is 14.1. The Bertz CT molecular complexity index is 2550. The highest BCUT2D eigenvalue weighted by Crippen LogP contribution is 2.42. The number of benzene rings is 6. The molecule has 7 rings (SSSR count). The molecule has 0 fully saturated rings. The molecular weight excluding hydrogens is 761 g/mol. The number of phenolic OH excluding ortho intramolecular Hbond substituents is 2. The number of hydrogen-bond acceptors (Lipinski definition) is 4. The molecule has 62 heavy (non-hydrogen) atoms. The molecular formula is C58H68O4.